The highest BCUT2D eigenvalue weighted by molar-refractivity contribution is 5.95. The van der Waals surface area contributed by atoms with E-state index in [0.717, 1.165) is 38.9 Å². The van der Waals surface area contributed by atoms with Gasteiger partial charge in [0.25, 0.3) is 0 Å². The number of nitrogens with zero attached hydrogens (tertiary/aromatic N) is 3. The van der Waals surface area contributed by atoms with Crippen molar-refractivity contribution < 1.29 is 9.53 Å². The van der Waals surface area contributed by atoms with Crippen molar-refractivity contribution in [1.29, 1.82) is 0 Å². The van der Waals surface area contributed by atoms with E-state index in [4.69, 9.17) is 4.74 Å². The van der Waals surface area contributed by atoms with Crippen LogP contribution in [0.15, 0.2) is 24.7 Å². The predicted octanol–water partition coefficient (Wildman–Crippen LogP) is 2.12. The molecule has 6 heteroatoms. The van der Waals surface area contributed by atoms with E-state index in [9.17, 15) is 4.79 Å². The number of carbonyl (C=O) groups excluding carboxylic acids is 1. The lowest BCUT2D eigenvalue weighted by molar-refractivity contribution is -0.123. The average molecular weight is 300 g/mol. The molecule has 1 N–H and O–H groups in total. The highest BCUT2D eigenvalue weighted by Gasteiger charge is 2.35. The van der Waals surface area contributed by atoms with Crippen LogP contribution < -0.4 is 5.32 Å². The first-order valence-corrected chi connectivity index (χ1v) is 7.98. The fourth-order valence-electron chi connectivity index (χ4n) is 3.76. The number of carbonyl (C=O) groups is 1. The Balaban J connectivity index is 1.46. The Bertz CT molecular complexity index is 684. The second-order valence-electron chi connectivity index (χ2n) is 6.33. The molecule has 1 amide bonds. The van der Waals surface area contributed by atoms with Crippen LogP contribution in [0.2, 0.25) is 0 Å². The summed E-state index contributed by atoms with van der Waals surface area (Å²) < 4.78 is 7.22. The van der Waals surface area contributed by atoms with Crippen molar-refractivity contribution in [3.8, 4) is 0 Å². The fraction of sp³-hybridized carbons (Fsp3) is 0.562. The van der Waals surface area contributed by atoms with Crippen LogP contribution in [-0.2, 0) is 9.53 Å². The van der Waals surface area contributed by atoms with Crippen molar-refractivity contribution in [3.63, 3.8) is 0 Å². The molecule has 3 atom stereocenters. The van der Waals surface area contributed by atoms with Crippen LogP contribution in [0, 0.1) is 17.8 Å². The summed E-state index contributed by atoms with van der Waals surface area (Å²) >= 11 is 0. The third-order valence-electron chi connectivity index (χ3n) is 5.01. The number of aromatic nitrogens is 3. The third kappa shape index (κ3) is 2.47. The van der Waals surface area contributed by atoms with Crippen molar-refractivity contribution in [2.75, 3.05) is 18.5 Å². The van der Waals surface area contributed by atoms with Crippen LogP contribution in [0.5, 0.6) is 0 Å². The number of hydrogen-bond acceptors (Lipinski definition) is 4. The van der Waals surface area contributed by atoms with Crippen molar-refractivity contribution in [1.82, 2.24) is 14.6 Å². The summed E-state index contributed by atoms with van der Waals surface area (Å²) in [6.07, 6.45) is 9.31. The van der Waals surface area contributed by atoms with Gasteiger partial charge in [-0.1, -0.05) is 0 Å². The van der Waals surface area contributed by atoms with Crippen LogP contribution in [0.4, 0.5) is 5.69 Å². The maximum atomic E-state index is 12.6. The normalized spacial score (nSPS) is 28.3. The Kier molecular flexibility index (Phi) is 3.54. The summed E-state index contributed by atoms with van der Waals surface area (Å²) in [5.74, 6) is 1.49. The third-order valence-corrected chi connectivity index (χ3v) is 5.01. The number of hydrogen-bond donors (Lipinski definition) is 1. The predicted molar refractivity (Wildman–Crippen MR) is 81.4 cm³/mol. The van der Waals surface area contributed by atoms with Crippen molar-refractivity contribution in [2.24, 2.45) is 17.8 Å². The summed E-state index contributed by atoms with van der Waals surface area (Å²) in [7, 11) is 0. The Morgan fingerprint density at radius 1 is 1.32 bits per heavy atom. The molecule has 22 heavy (non-hydrogen) atoms. The van der Waals surface area contributed by atoms with Gasteiger partial charge < -0.3 is 10.1 Å². The summed E-state index contributed by atoms with van der Waals surface area (Å²) in [4.78, 5) is 16.9. The van der Waals surface area contributed by atoms with E-state index in [1.165, 1.54) is 0 Å². The lowest BCUT2D eigenvalue weighted by atomic mass is 9.72. The SMILES string of the molecule is O=C(Nc1cnn2cccnc12)C1CCC2COCCC2C1. The summed E-state index contributed by atoms with van der Waals surface area (Å²) in [6, 6.07) is 1.82. The Morgan fingerprint density at radius 2 is 2.27 bits per heavy atom. The minimum absolute atomic E-state index is 0.0954. The number of rotatable bonds is 2. The summed E-state index contributed by atoms with van der Waals surface area (Å²) in [5.41, 5.74) is 1.38. The zero-order valence-electron chi connectivity index (χ0n) is 12.4. The van der Waals surface area contributed by atoms with Crippen LogP contribution in [0.25, 0.3) is 5.65 Å². The van der Waals surface area contributed by atoms with E-state index >= 15 is 0 Å². The van der Waals surface area contributed by atoms with Gasteiger partial charge in [-0.25, -0.2) is 9.50 Å². The largest absolute Gasteiger partial charge is 0.381 e. The Morgan fingerprint density at radius 3 is 3.23 bits per heavy atom. The van der Waals surface area contributed by atoms with Crippen LogP contribution in [0.1, 0.15) is 25.7 Å². The van der Waals surface area contributed by atoms with E-state index < -0.39 is 0 Å². The fourth-order valence-corrected chi connectivity index (χ4v) is 3.76. The minimum Gasteiger partial charge on any atom is -0.381 e. The van der Waals surface area contributed by atoms with Gasteiger partial charge in [0.2, 0.25) is 5.91 Å². The van der Waals surface area contributed by atoms with Gasteiger partial charge >= 0.3 is 0 Å². The van der Waals surface area contributed by atoms with E-state index in [1.54, 1.807) is 16.9 Å². The van der Waals surface area contributed by atoms with Crippen molar-refractivity contribution >= 4 is 17.2 Å². The maximum Gasteiger partial charge on any atom is 0.227 e. The van der Waals surface area contributed by atoms with Gasteiger partial charge in [-0.15, -0.1) is 0 Å². The van der Waals surface area contributed by atoms with Gasteiger partial charge in [-0.2, -0.15) is 5.10 Å². The number of nitrogens with one attached hydrogen (secondary N) is 1. The van der Waals surface area contributed by atoms with Crippen molar-refractivity contribution in [2.45, 2.75) is 25.7 Å². The smallest absolute Gasteiger partial charge is 0.227 e. The zero-order chi connectivity index (χ0) is 14.9. The van der Waals surface area contributed by atoms with Crippen LogP contribution >= 0.6 is 0 Å². The Labute approximate surface area is 128 Å². The van der Waals surface area contributed by atoms with Gasteiger partial charge in [-0.05, 0) is 43.6 Å². The molecule has 4 rings (SSSR count). The van der Waals surface area contributed by atoms with Gasteiger partial charge in [0, 0.05) is 31.5 Å². The monoisotopic (exact) mass is 300 g/mol. The second kappa shape index (κ2) is 5.68. The number of amides is 1. The molecule has 1 aliphatic carbocycles. The molecule has 2 aliphatic rings. The molecule has 2 aromatic rings. The van der Waals surface area contributed by atoms with E-state index in [1.807, 2.05) is 12.3 Å². The molecule has 0 aromatic carbocycles. The first-order valence-electron chi connectivity index (χ1n) is 7.98. The topological polar surface area (TPSA) is 68.5 Å². The first-order chi connectivity index (χ1) is 10.8. The van der Waals surface area contributed by atoms with Gasteiger partial charge in [0.1, 0.15) is 5.69 Å². The molecule has 2 aromatic heterocycles. The molecular weight excluding hydrogens is 280 g/mol. The highest BCUT2D eigenvalue weighted by Crippen LogP contribution is 2.38. The summed E-state index contributed by atoms with van der Waals surface area (Å²) in [6.45, 7) is 1.71. The molecule has 1 aliphatic heterocycles. The standard InChI is InChI=1S/C16H20N4O2/c21-16(12-2-3-13-10-22-7-4-11(13)8-12)19-14-9-18-20-6-1-5-17-15(14)20/h1,5-6,9,11-13H,2-4,7-8,10H2,(H,19,21). The van der Waals surface area contributed by atoms with Gasteiger partial charge in [-0.3, -0.25) is 4.79 Å². The van der Waals surface area contributed by atoms with E-state index in [0.29, 0.717) is 23.2 Å². The van der Waals surface area contributed by atoms with E-state index in [-0.39, 0.29) is 11.8 Å². The molecule has 0 bridgehead atoms. The molecule has 0 spiro atoms. The van der Waals surface area contributed by atoms with Gasteiger partial charge in [0.15, 0.2) is 5.65 Å². The average Bonchev–Trinajstić information content (AvgIpc) is 2.97. The molecule has 116 valence electrons. The van der Waals surface area contributed by atoms with Crippen LogP contribution in [0.3, 0.4) is 0 Å². The zero-order valence-corrected chi connectivity index (χ0v) is 12.4. The molecule has 2 fully saturated rings. The molecule has 0 radical (unpaired) electrons. The lowest BCUT2D eigenvalue weighted by Gasteiger charge is -2.38. The molecule has 1 saturated carbocycles. The lowest BCUT2D eigenvalue weighted by Crippen LogP contribution is -2.37. The van der Waals surface area contributed by atoms with Gasteiger partial charge in [0.05, 0.1) is 6.20 Å². The highest BCUT2D eigenvalue weighted by atomic mass is 16.5. The molecule has 3 heterocycles. The second-order valence-corrected chi connectivity index (χ2v) is 6.33. The quantitative estimate of drug-likeness (QED) is 0.922. The molecule has 3 unspecified atom stereocenters. The van der Waals surface area contributed by atoms with Crippen molar-refractivity contribution in [3.05, 3.63) is 24.7 Å². The molecule has 6 nitrogen and oxygen atoms in total. The van der Waals surface area contributed by atoms with Crippen LogP contribution in [-0.4, -0.2) is 33.7 Å². The first kappa shape index (κ1) is 13.7. The Hall–Kier alpha value is -1.95. The van der Waals surface area contributed by atoms with E-state index in [2.05, 4.69) is 15.4 Å². The molecule has 1 saturated heterocycles. The summed E-state index contributed by atoms with van der Waals surface area (Å²) in [5, 5.41) is 7.22. The number of ether oxygens (including phenoxy) is 1. The molecular formula is C16H20N4O2. The number of fused-ring (bicyclic) bond motifs is 2. The number of anilines is 1. The maximum absolute atomic E-state index is 12.6. The minimum atomic E-state index is 0.0954.